The lowest BCUT2D eigenvalue weighted by Gasteiger charge is -2.25. The molecule has 0 radical (unpaired) electrons. The number of ether oxygens (including phenoxy) is 2. The van der Waals surface area contributed by atoms with Crippen molar-refractivity contribution in [2.75, 3.05) is 13.1 Å². The lowest BCUT2D eigenvalue weighted by molar-refractivity contribution is 0.0292. The molecule has 2 atom stereocenters. The van der Waals surface area contributed by atoms with Gasteiger partial charge in [-0.25, -0.2) is 4.79 Å². The molecule has 1 saturated heterocycles. The van der Waals surface area contributed by atoms with Crippen molar-refractivity contribution < 1.29 is 14.3 Å². The SMILES string of the molecule is CC(C)(C)OC(=O)N1CCC(c2ccc3c(c2)-c2ccc(CC(N)C#N)cc2OC3)C1. The third kappa shape index (κ3) is 4.67. The molecule has 1 amide bonds. The Balaban J connectivity index is 1.54. The molecule has 2 heterocycles. The molecule has 4 rings (SSSR count). The van der Waals surface area contributed by atoms with Crippen molar-refractivity contribution in [2.24, 2.45) is 5.73 Å². The molecule has 1 fully saturated rings. The summed E-state index contributed by atoms with van der Waals surface area (Å²) >= 11 is 0. The number of hydrogen-bond donors (Lipinski definition) is 1. The summed E-state index contributed by atoms with van der Waals surface area (Å²) in [5.74, 6) is 1.12. The zero-order valence-electron chi connectivity index (χ0n) is 18.4. The van der Waals surface area contributed by atoms with Gasteiger partial charge in [-0.2, -0.15) is 5.26 Å². The topological polar surface area (TPSA) is 88.6 Å². The van der Waals surface area contributed by atoms with Gasteiger partial charge in [0, 0.05) is 31.0 Å². The van der Waals surface area contributed by atoms with Gasteiger partial charge in [-0.1, -0.05) is 30.3 Å². The number of fused-ring (bicyclic) bond motifs is 3. The van der Waals surface area contributed by atoms with Gasteiger partial charge >= 0.3 is 6.09 Å². The van der Waals surface area contributed by atoms with E-state index in [0.29, 0.717) is 26.1 Å². The first kappa shape index (κ1) is 21.2. The van der Waals surface area contributed by atoms with Crippen LogP contribution in [-0.4, -0.2) is 35.7 Å². The Hall–Kier alpha value is -3.04. The van der Waals surface area contributed by atoms with Crippen LogP contribution in [0, 0.1) is 11.3 Å². The van der Waals surface area contributed by atoms with Crippen LogP contribution in [0.15, 0.2) is 36.4 Å². The molecule has 162 valence electrons. The molecule has 2 aliphatic rings. The Morgan fingerprint density at radius 1 is 1.29 bits per heavy atom. The second-order valence-corrected chi connectivity index (χ2v) is 9.39. The average molecular weight is 420 g/mol. The van der Waals surface area contributed by atoms with E-state index >= 15 is 0 Å². The van der Waals surface area contributed by atoms with E-state index in [1.54, 1.807) is 4.90 Å². The molecular formula is C25H29N3O3. The quantitative estimate of drug-likeness (QED) is 0.798. The van der Waals surface area contributed by atoms with Crippen LogP contribution in [0.2, 0.25) is 0 Å². The normalized spacial score (nSPS) is 18.4. The fraction of sp³-hybridized carbons (Fsp3) is 0.440. The number of carbonyl (C=O) groups excluding carboxylic acids is 1. The molecular weight excluding hydrogens is 390 g/mol. The maximum absolute atomic E-state index is 12.4. The summed E-state index contributed by atoms with van der Waals surface area (Å²) in [5, 5.41) is 8.97. The monoisotopic (exact) mass is 419 g/mol. The van der Waals surface area contributed by atoms with E-state index in [0.717, 1.165) is 28.9 Å². The smallest absolute Gasteiger partial charge is 0.410 e. The van der Waals surface area contributed by atoms with E-state index in [2.05, 4.69) is 30.3 Å². The van der Waals surface area contributed by atoms with Crippen molar-refractivity contribution in [3.8, 4) is 22.9 Å². The van der Waals surface area contributed by atoms with Gasteiger partial charge in [0.15, 0.2) is 0 Å². The lowest BCUT2D eigenvalue weighted by Crippen LogP contribution is -2.35. The maximum atomic E-state index is 12.4. The predicted molar refractivity (Wildman–Crippen MR) is 119 cm³/mol. The van der Waals surface area contributed by atoms with Crippen molar-refractivity contribution in [2.45, 2.75) is 57.8 Å². The van der Waals surface area contributed by atoms with Gasteiger partial charge in [0.1, 0.15) is 18.0 Å². The Morgan fingerprint density at radius 3 is 2.84 bits per heavy atom. The minimum atomic E-state index is -0.518. The zero-order valence-corrected chi connectivity index (χ0v) is 18.4. The minimum Gasteiger partial charge on any atom is -0.488 e. The van der Waals surface area contributed by atoms with Gasteiger partial charge in [-0.15, -0.1) is 0 Å². The third-order valence-corrected chi connectivity index (χ3v) is 5.79. The molecule has 6 nitrogen and oxygen atoms in total. The largest absolute Gasteiger partial charge is 0.488 e. The molecule has 0 spiro atoms. The molecule has 0 bridgehead atoms. The summed E-state index contributed by atoms with van der Waals surface area (Å²) < 4.78 is 11.5. The molecule has 0 aromatic heterocycles. The molecule has 2 aromatic carbocycles. The number of carbonyl (C=O) groups is 1. The predicted octanol–water partition coefficient (Wildman–Crippen LogP) is 4.36. The minimum absolute atomic E-state index is 0.241. The number of benzene rings is 2. The first-order chi connectivity index (χ1) is 14.7. The van der Waals surface area contributed by atoms with Gasteiger partial charge in [-0.05, 0) is 55.5 Å². The first-order valence-electron chi connectivity index (χ1n) is 10.8. The highest BCUT2D eigenvalue weighted by atomic mass is 16.6. The lowest BCUT2D eigenvalue weighted by atomic mass is 9.89. The van der Waals surface area contributed by atoms with E-state index in [4.69, 9.17) is 20.5 Å². The van der Waals surface area contributed by atoms with Crippen LogP contribution in [0.25, 0.3) is 11.1 Å². The van der Waals surface area contributed by atoms with Gasteiger partial charge in [0.05, 0.1) is 12.1 Å². The van der Waals surface area contributed by atoms with Gasteiger partial charge in [0.25, 0.3) is 0 Å². The highest BCUT2D eigenvalue weighted by Gasteiger charge is 2.31. The zero-order chi connectivity index (χ0) is 22.2. The molecule has 31 heavy (non-hydrogen) atoms. The van der Waals surface area contributed by atoms with E-state index in [1.165, 1.54) is 11.1 Å². The Kier molecular flexibility index (Phi) is 5.63. The van der Waals surface area contributed by atoms with Crippen molar-refractivity contribution in [3.05, 3.63) is 53.1 Å². The Labute approximate surface area is 183 Å². The molecule has 2 aromatic rings. The number of hydrogen-bond acceptors (Lipinski definition) is 5. The number of amides is 1. The molecule has 0 aliphatic carbocycles. The highest BCUT2D eigenvalue weighted by molar-refractivity contribution is 5.76. The molecule has 2 unspecified atom stereocenters. The van der Waals surface area contributed by atoms with E-state index in [-0.39, 0.29) is 12.0 Å². The first-order valence-corrected chi connectivity index (χ1v) is 10.8. The number of rotatable bonds is 3. The van der Waals surface area contributed by atoms with Crippen LogP contribution in [0.3, 0.4) is 0 Å². The average Bonchev–Trinajstić information content (AvgIpc) is 3.22. The Bertz CT molecular complexity index is 1040. The van der Waals surface area contributed by atoms with E-state index in [9.17, 15) is 4.79 Å². The second kappa shape index (κ2) is 8.24. The van der Waals surface area contributed by atoms with Crippen LogP contribution in [-0.2, 0) is 17.8 Å². The third-order valence-electron chi connectivity index (χ3n) is 5.79. The second-order valence-electron chi connectivity index (χ2n) is 9.39. The van der Waals surface area contributed by atoms with E-state index < -0.39 is 11.6 Å². The molecule has 6 heteroatoms. The molecule has 2 aliphatic heterocycles. The summed E-state index contributed by atoms with van der Waals surface area (Å²) in [6, 6.07) is 14.1. The van der Waals surface area contributed by atoms with Crippen LogP contribution in [0.4, 0.5) is 4.79 Å². The van der Waals surface area contributed by atoms with E-state index in [1.807, 2.05) is 32.9 Å². The summed E-state index contributed by atoms with van der Waals surface area (Å²) in [5.41, 5.74) is 10.9. The molecule has 2 N–H and O–H groups in total. The van der Waals surface area contributed by atoms with Crippen LogP contribution < -0.4 is 10.5 Å². The fourth-order valence-electron chi connectivity index (χ4n) is 4.24. The molecule has 0 saturated carbocycles. The Morgan fingerprint density at radius 2 is 2.10 bits per heavy atom. The fourth-order valence-corrected chi connectivity index (χ4v) is 4.24. The highest BCUT2D eigenvalue weighted by Crippen LogP contribution is 2.40. The maximum Gasteiger partial charge on any atom is 0.410 e. The number of nitrogens with zero attached hydrogens (tertiary/aromatic N) is 2. The van der Waals surface area contributed by atoms with Crippen molar-refractivity contribution >= 4 is 6.09 Å². The summed E-state index contributed by atoms with van der Waals surface area (Å²) in [4.78, 5) is 14.2. The number of nitriles is 1. The van der Waals surface area contributed by atoms with Crippen molar-refractivity contribution in [3.63, 3.8) is 0 Å². The summed E-state index contributed by atoms with van der Waals surface area (Å²) in [7, 11) is 0. The summed E-state index contributed by atoms with van der Waals surface area (Å²) in [6.07, 6.45) is 1.18. The van der Waals surface area contributed by atoms with Crippen molar-refractivity contribution in [1.29, 1.82) is 5.26 Å². The standard InChI is InChI=1S/C25H29N3O3/c1-25(2,3)31-24(29)28-9-8-18(14-28)17-5-6-19-15-30-23-11-16(10-20(27)13-26)4-7-21(23)22(19)12-17/h4-7,11-12,18,20H,8-10,14-15,27H2,1-3H3. The van der Waals surface area contributed by atoms with Gasteiger partial charge in [0.2, 0.25) is 0 Å². The van der Waals surface area contributed by atoms with Crippen LogP contribution >= 0.6 is 0 Å². The van der Waals surface area contributed by atoms with Crippen LogP contribution in [0.5, 0.6) is 5.75 Å². The number of nitrogens with two attached hydrogens (primary N) is 1. The van der Waals surface area contributed by atoms with Gasteiger partial charge in [-0.3, -0.25) is 0 Å². The van der Waals surface area contributed by atoms with Crippen LogP contribution in [0.1, 0.15) is 49.8 Å². The summed E-state index contributed by atoms with van der Waals surface area (Å²) in [6.45, 7) is 7.56. The van der Waals surface area contributed by atoms with Gasteiger partial charge < -0.3 is 20.1 Å². The van der Waals surface area contributed by atoms with Crippen molar-refractivity contribution in [1.82, 2.24) is 4.90 Å². The number of likely N-dealkylation sites (tertiary alicyclic amines) is 1.